The normalized spacial score (nSPS) is 18.7. The summed E-state index contributed by atoms with van der Waals surface area (Å²) >= 11 is 2.28. The first-order chi connectivity index (χ1) is 14.0. The fourth-order valence-corrected chi connectivity index (χ4v) is 4.84. The Morgan fingerprint density at radius 1 is 1.03 bits per heavy atom. The molecule has 0 amide bonds. The molecule has 0 bridgehead atoms. The molecule has 1 aliphatic carbocycles. The van der Waals surface area contributed by atoms with Crippen molar-refractivity contribution in [2.75, 3.05) is 4.90 Å². The number of guanidine groups is 2. The zero-order chi connectivity index (χ0) is 20.0. The van der Waals surface area contributed by atoms with E-state index in [4.69, 9.17) is 25.9 Å². The van der Waals surface area contributed by atoms with Crippen molar-refractivity contribution in [1.82, 2.24) is 4.98 Å². The number of halogens is 1. The third-order valence-electron chi connectivity index (χ3n) is 5.55. The molecule has 148 valence electrons. The summed E-state index contributed by atoms with van der Waals surface area (Å²) < 4.78 is 7.12. The van der Waals surface area contributed by atoms with Gasteiger partial charge in [-0.3, -0.25) is 4.90 Å². The number of anilines is 1. The van der Waals surface area contributed by atoms with E-state index in [1.165, 1.54) is 6.42 Å². The fourth-order valence-electron chi connectivity index (χ4n) is 4.29. The van der Waals surface area contributed by atoms with Crippen LogP contribution in [0.5, 0.6) is 0 Å². The predicted molar refractivity (Wildman–Crippen MR) is 124 cm³/mol. The van der Waals surface area contributed by atoms with E-state index < -0.39 is 5.66 Å². The molecule has 7 nitrogen and oxygen atoms in total. The van der Waals surface area contributed by atoms with Crippen LogP contribution in [0.2, 0.25) is 0 Å². The molecule has 0 unspecified atom stereocenters. The zero-order valence-corrected chi connectivity index (χ0v) is 18.0. The first-order valence-electron chi connectivity index (χ1n) is 9.70. The van der Waals surface area contributed by atoms with Crippen molar-refractivity contribution in [2.45, 2.75) is 37.8 Å². The molecule has 8 heteroatoms. The van der Waals surface area contributed by atoms with Crippen LogP contribution < -0.4 is 16.4 Å². The van der Waals surface area contributed by atoms with Crippen LogP contribution in [-0.4, -0.2) is 22.6 Å². The number of nitrogens with zero attached hydrogens (tertiary/aromatic N) is 4. The van der Waals surface area contributed by atoms with Gasteiger partial charge in [0.25, 0.3) is 0 Å². The SMILES string of the molecule is NC1=NC2(CCCCC2)N(c2ccc3oc(-c4cccc(I)c4)nc3c2)C(N)=N1. The molecule has 3 aromatic rings. The van der Waals surface area contributed by atoms with Crippen molar-refractivity contribution >= 4 is 51.3 Å². The minimum atomic E-state index is -0.468. The van der Waals surface area contributed by atoms with Gasteiger partial charge in [-0.05, 0) is 84.7 Å². The highest BCUT2D eigenvalue weighted by Gasteiger charge is 2.42. The van der Waals surface area contributed by atoms with Crippen LogP contribution in [0.1, 0.15) is 32.1 Å². The lowest BCUT2D eigenvalue weighted by Crippen LogP contribution is -2.58. The van der Waals surface area contributed by atoms with E-state index in [-0.39, 0.29) is 5.96 Å². The smallest absolute Gasteiger partial charge is 0.227 e. The zero-order valence-electron chi connectivity index (χ0n) is 15.8. The number of hydrogen-bond acceptors (Lipinski definition) is 7. The molecule has 2 heterocycles. The Balaban J connectivity index is 1.58. The van der Waals surface area contributed by atoms with Crippen molar-refractivity contribution in [3.05, 3.63) is 46.0 Å². The summed E-state index contributed by atoms with van der Waals surface area (Å²) in [6.07, 6.45) is 5.17. The van der Waals surface area contributed by atoms with Gasteiger partial charge in [0.1, 0.15) is 11.2 Å². The molecule has 29 heavy (non-hydrogen) atoms. The van der Waals surface area contributed by atoms with Crippen molar-refractivity contribution < 1.29 is 4.42 Å². The van der Waals surface area contributed by atoms with Crippen LogP contribution in [0.15, 0.2) is 56.9 Å². The summed E-state index contributed by atoms with van der Waals surface area (Å²) in [5, 5.41) is 0. The molecule has 1 fully saturated rings. The van der Waals surface area contributed by atoms with Crippen LogP contribution in [0.3, 0.4) is 0 Å². The topological polar surface area (TPSA) is 106 Å². The number of fused-ring (bicyclic) bond motifs is 1. The molecule has 2 aromatic carbocycles. The molecule has 2 aliphatic rings. The Morgan fingerprint density at radius 3 is 2.66 bits per heavy atom. The quantitative estimate of drug-likeness (QED) is 0.513. The van der Waals surface area contributed by atoms with E-state index in [0.717, 1.165) is 51.6 Å². The van der Waals surface area contributed by atoms with Crippen molar-refractivity contribution in [3.8, 4) is 11.5 Å². The molecule has 1 saturated carbocycles. The molecule has 5 rings (SSSR count). The van der Waals surface area contributed by atoms with Gasteiger partial charge in [0.2, 0.25) is 17.8 Å². The Labute approximate surface area is 182 Å². The number of oxazole rings is 1. The summed E-state index contributed by atoms with van der Waals surface area (Å²) in [6.45, 7) is 0. The molecular formula is C21H21IN6O. The molecular weight excluding hydrogens is 479 g/mol. The van der Waals surface area contributed by atoms with Crippen LogP contribution in [0, 0.1) is 3.57 Å². The number of aromatic nitrogens is 1. The maximum Gasteiger partial charge on any atom is 0.227 e. The van der Waals surface area contributed by atoms with Crippen molar-refractivity contribution in [3.63, 3.8) is 0 Å². The van der Waals surface area contributed by atoms with Gasteiger partial charge in [0, 0.05) is 14.8 Å². The third kappa shape index (κ3) is 3.25. The fraction of sp³-hybridized carbons (Fsp3) is 0.286. The summed E-state index contributed by atoms with van der Waals surface area (Å²) in [5.41, 5.74) is 15.2. The standard InChI is InChI=1S/C21H21IN6O/c22-14-6-4-5-13(11-14)18-25-16-12-15(7-8-17(16)29-18)28-20(24)26-19(23)27-21(28)9-2-1-3-10-21/h4-8,11-12H,1-3,9-10H2,(H4,23,24,26,27). The van der Waals surface area contributed by atoms with Crippen LogP contribution in [-0.2, 0) is 0 Å². The number of rotatable bonds is 2. The van der Waals surface area contributed by atoms with Gasteiger partial charge in [0.15, 0.2) is 5.58 Å². The van der Waals surface area contributed by atoms with E-state index in [2.05, 4.69) is 33.6 Å². The molecule has 1 aromatic heterocycles. The van der Waals surface area contributed by atoms with E-state index >= 15 is 0 Å². The monoisotopic (exact) mass is 500 g/mol. The first-order valence-corrected chi connectivity index (χ1v) is 10.8. The van der Waals surface area contributed by atoms with E-state index in [0.29, 0.717) is 11.9 Å². The van der Waals surface area contributed by atoms with Crippen LogP contribution in [0.25, 0.3) is 22.6 Å². The maximum atomic E-state index is 6.33. The minimum Gasteiger partial charge on any atom is -0.436 e. The molecule has 0 radical (unpaired) electrons. The second-order valence-corrected chi connectivity index (χ2v) is 8.75. The molecule has 1 aliphatic heterocycles. The third-order valence-corrected chi connectivity index (χ3v) is 6.22. The van der Waals surface area contributed by atoms with Gasteiger partial charge >= 0.3 is 0 Å². The summed E-state index contributed by atoms with van der Waals surface area (Å²) in [5.74, 6) is 1.23. The average molecular weight is 500 g/mol. The molecule has 0 saturated heterocycles. The number of aliphatic imine (C=N–C) groups is 2. The van der Waals surface area contributed by atoms with Crippen LogP contribution >= 0.6 is 22.6 Å². The Hall–Kier alpha value is -2.62. The second-order valence-electron chi connectivity index (χ2n) is 7.50. The van der Waals surface area contributed by atoms with E-state index in [1.54, 1.807) is 0 Å². The number of hydrogen-bond donors (Lipinski definition) is 2. The van der Waals surface area contributed by atoms with Gasteiger partial charge < -0.3 is 15.9 Å². The molecule has 4 N–H and O–H groups in total. The second kappa shape index (κ2) is 7.01. The lowest BCUT2D eigenvalue weighted by Gasteiger charge is -2.45. The maximum absolute atomic E-state index is 6.33. The average Bonchev–Trinajstić information content (AvgIpc) is 3.11. The van der Waals surface area contributed by atoms with Gasteiger partial charge in [-0.25, -0.2) is 9.98 Å². The van der Waals surface area contributed by atoms with E-state index in [9.17, 15) is 0 Å². The van der Waals surface area contributed by atoms with Gasteiger partial charge in [-0.1, -0.05) is 12.5 Å². The minimum absolute atomic E-state index is 0.254. The summed E-state index contributed by atoms with van der Waals surface area (Å²) in [6, 6.07) is 14.0. The molecule has 1 spiro atoms. The van der Waals surface area contributed by atoms with Crippen molar-refractivity contribution in [1.29, 1.82) is 0 Å². The largest absolute Gasteiger partial charge is 0.436 e. The van der Waals surface area contributed by atoms with Crippen molar-refractivity contribution in [2.24, 2.45) is 21.5 Å². The number of nitrogens with two attached hydrogens (primary N) is 2. The van der Waals surface area contributed by atoms with Gasteiger partial charge in [-0.15, -0.1) is 0 Å². The van der Waals surface area contributed by atoms with E-state index in [1.807, 2.05) is 41.3 Å². The molecule has 0 atom stereocenters. The Morgan fingerprint density at radius 2 is 1.86 bits per heavy atom. The highest BCUT2D eigenvalue weighted by atomic mass is 127. The summed E-state index contributed by atoms with van der Waals surface area (Å²) in [7, 11) is 0. The van der Waals surface area contributed by atoms with Crippen LogP contribution in [0.4, 0.5) is 5.69 Å². The summed E-state index contributed by atoms with van der Waals surface area (Å²) in [4.78, 5) is 15.7. The number of benzene rings is 2. The highest BCUT2D eigenvalue weighted by Crippen LogP contribution is 2.40. The Kier molecular flexibility index (Phi) is 4.45. The predicted octanol–water partition coefficient (Wildman–Crippen LogP) is 4.21. The van der Waals surface area contributed by atoms with Gasteiger partial charge in [0.05, 0.1) is 0 Å². The van der Waals surface area contributed by atoms with Gasteiger partial charge in [-0.2, -0.15) is 4.99 Å². The Bertz CT molecular complexity index is 1150. The lowest BCUT2D eigenvalue weighted by molar-refractivity contribution is 0.305. The first kappa shape index (κ1) is 18.4. The lowest BCUT2D eigenvalue weighted by atomic mass is 9.87. The highest BCUT2D eigenvalue weighted by molar-refractivity contribution is 14.1.